The molecule has 1 atom stereocenters. The van der Waals surface area contributed by atoms with Crippen LogP contribution in [0.4, 0.5) is 11.4 Å². The number of aldehydes is 2. The molecular formula is C35H34Cl2N2O5S. The molecule has 0 radical (unpaired) electrons. The third kappa shape index (κ3) is 7.25. The number of anilines is 2. The van der Waals surface area contributed by atoms with E-state index in [0.717, 1.165) is 53.9 Å². The van der Waals surface area contributed by atoms with Crippen LogP contribution in [0.5, 0.6) is 11.5 Å². The van der Waals surface area contributed by atoms with Crippen molar-refractivity contribution in [3.05, 3.63) is 93.7 Å². The third-order valence-corrected chi connectivity index (χ3v) is 9.11. The van der Waals surface area contributed by atoms with Crippen LogP contribution in [0.25, 0.3) is 21.5 Å². The van der Waals surface area contributed by atoms with Gasteiger partial charge in [-0.15, -0.1) is 34.5 Å². The second kappa shape index (κ2) is 15.8. The highest BCUT2D eigenvalue weighted by atomic mass is 35.5. The Balaban J connectivity index is 0.000000158. The topological polar surface area (TPSA) is 87.2 Å². The van der Waals surface area contributed by atoms with E-state index in [0.29, 0.717) is 39.5 Å². The summed E-state index contributed by atoms with van der Waals surface area (Å²) in [5.74, 6) is 1.90. The molecule has 2 aliphatic heterocycles. The molecule has 0 fully saturated rings. The highest BCUT2D eigenvalue weighted by Crippen LogP contribution is 2.44. The minimum atomic E-state index is 0.317. The van der Waals surface area contributed by atoms with Gasteiger partial charge in [0.2, 0.25) is 0 Å². The van der Waals surface area contributed by atoms with E-state index < -0.39 is 0 Å². The van der Waals surface area contributed by atoms with E-state index in [2.05, 4.69) is 40.6 Å². The molecule has 7 nitrogen and oxygen atoms in total. The van der Waals surface area contributed by atoms with Gasteiger partial charge in [0.05, 0.1) is 9.75 Å². The monoisotopic (exact) mass is 664 g/mol. The Morgan fingerprint density at radius 2 is 1.44 bits per heavy atom. The Hall–Kier alpha value is -4.11. The van der Waals surface area contributed by atoms with Gasteiger partial charge in [-0.05, 0) is 40.5 Å². The average Bonchev–Trinajstić information content (AvgIpc) is 3.80. The van der Waals surface area contributed by atoms with Crippen molar-refractivity contribution in [2.24, 2.45) is 0 Å². The predicted molar refractivity (Wildman–Crippen MR) is 187 cm³/mol. The minimum absolute atomic E-state index is 0.317. The van der Waals surface area contributed by atoms with Gasteiger partial charge < -0.3 is 19.6 Å². The Labute approximate surface area is 276 Å². The van der Waals surface area contributed by atoms with Crippen LogP contribution in [0, 0.1) is 0 Å². The van der Waals surface area contributed by atoms with E-state index in [9.17, 15) is 19.5 Å². The lowest BCUT2D eigenvalue weighted by molar-refractivity contribution is -0.120. The van der Waals surface area contributed by atoms with E-state index in [1.54, 1.807) is 12.1 Å². The summed E-state index contributed by atoms with van der Waals surface area (Å²) in [6.45, 7) is 2.41. The highest BCUT2D eigenvalue weighted by Gasteiger charge is 2.29. The van der Waals surface area contributed by atoms with Crippen molar-refractivity contribution in [1.29, 1.82) is 0 Å². The molecule has 234 valence electrons. The predicted octanol–water partition coefficient (Wildman–Crippen LogP) is 7.91. The molecule has 4 aromatic carbocycles. The van der Waals surface area contributed by atoms with E-state index in [1.165, 1.54) is 39.9 Å². The summed E-state index contributed by atoms with van der Waals surface area (Å²) in [6, 6.07) is 23.1. The second-order valence-corrected chi connectivity index (χ2v) is 11.8. The lowest BCUT2D eigenvalue weighted by Crippen LogP contribution is -2.15. The number of phenols is 1. The Bertz CT molecular complexity index is 1790. The molecule has 0 spiro atoms. The van der Waals surface area contributed by atoms with E-state index >= 15 is 0 Å². The number of aromatic hydroxyl groups is 1. The van der Waals surface area contributed by atoms with Gasteiger partial charge >= 0.3 is 0 Å². The molecule has 3 heterocycles. The first-order valence-corrected chi connectivity index (χ1v) is 16.3. The Morgan fingerprint density at radius 1 is 0.844 bits per heavy atom. The van der Waals surface area contributed by atoms with Crippen molar-refractivity contribution in [3.63, 3.8) is 0 Å². The molecule has 10 heteroatoms. The molecule has 0 saturated heterocycles. The standard InChI is InChI=1S/C15H14ClNO2.C13H13NO.C6H4O2S.CH3Cl/c1-17-8-10(7-16)15-12-5-3-2-4-11(12)14(19-9-18)6-13(15)17;1-14-7-6-10-9-4-2-3-5-11(9)13(15)8-12(10)14;7-3-5-1-2-6(4-8)9-5;1-2/h2-6,9-10H,7-8H2,1H3;2-5,8,15H,6-7H2,1H3;1-4H;1H3/t10-;;;/m1.../s1. The fraction of sp³-hybridized carbons (Fsp3) is 0.229. The number of thiophene rings is 1. The third-order valence-electron chi connectivity index (χ3n) is 7.80. The summed E-state index contributed by atoms with van der Waals surface area (Å²) in [6.07, 6.45) is 4.02. The molecule has 1 aromatic heterocycles. The van der Waals surface area contributed by atoms with Crippen LogP contribution in [-0.4, -0.2) is 63.6 Å². The van der Waals surface area contributed by atoms with Crippen molar-refractivity contribution < 1.29 is 24.2 Å². The summed E-state index contributed by atoms with van der Waals surface area (Å²) in [7, 11) is 4.10. The maximum atomic E-state index is 10.7. The van der Waals surface area contributed by atoms with Crippen LogP contribution in [0.2, 0.25) is 0 Å². The molecular weight excluding hydrogens is 631 g/mol. The SMILES string of the molecule is CCl.CN1CCc2c1cc(O)c1ccccc21.CN1C[C@@H](CCl)c2c1cc(OC=O)c1ccccc21.O=Cc1ccc(C=O)s1. The molecule has 0 aliphatic carbocycles. The van der Waals surface area contributed by atoms with E-state index in [-0.39, 0.29) is 0 Å². The number of halogens is 2. The maximum absolute atomic E-state index is 10.7. The zero-order chi connectivity index (χ0) is 32.5. The van der Waals surface area contributed by atoms with Gasteiger partial charge in [-0.3, -0.25) is 14.4 Å². The van der Waals surface area contributed by atoms with Gasteiger partial charge in [0.1, 0.15) is 11.5 Å². The molecule has 0 bridgehead atoms. The largest absolute Gasteiger partial charge is 0.507 e. The fourth-order valence-corrected chi connectivity index (χ4v) is 6.68. The molecule has 5 aromatic rings. The molecule has 0 unspecified atom stereocenters. The first kappa shape index (κ1) is 33.8. The molecule has 7 rings (SSSR count). The number of alkyl halides is 2. The summed E-state index contributed by atoms with van der Waals surface area (Å²) in [4.78, 5) is 36.3. The number of carbonyl (C=O) groups is 3. The smallest absolute Gasteiger partial charge is 0.298 e. The van der Waals surface area contributed by atoms with Gasteiger partial charge in [-0.1, -0.05) is 48.5 Å². The van der Waals surface area contributed by atoms with Gasteiger partial charge in [0.15, 0.2) is 12.6 Å². The molecule has 1 N–H and O–H groups in total. The van der Waals surface area contributed by atoms with Crippen LogP contribution < -0.4 is 14.5 Å². The number of hydrogen-bond donors (Lipinski definition) is 1. The molecule has 0 amide bonds. The molecule has 45 heavy (non-hydrogen) atoms. The van der Waals surface area contributed by atoms with Gasteiger partial charge in [-0.25, -0.2) is 0 Å². The molecule has 2 aliphatic rings. The Kier molecular flexibility index (Phi) is 11.8. The van der Waals surface area contributed by atoms with Crippen LogP contribution in [0.15, 0.2) is 72.8 Å². The van der Waals surface area contributed by atoms with Crippen molar-refractivity contribution in [1.82, 2.24) is 0 Å². The van der Waals surface area contributed by atoms with E-state index in [1.807, 2.05) is 55.6 Å². The van der Waals surface area contributed by atoms with E-state index in [4.69, 9.17) is 16.3 Å². The number of rotatable bonds is 5. The number of fused-ring (bicyclic) bond motifs is 6. The van der Waals surface area contributed by atoms with Gasteiger partial charge in [0.25, 0.3) is 6.47 Å². The highest BCUT2D eigenvalue weighted by molar-refractivity contribution is 7.15. The van der Waals surface area contributed by atoms with Crippen LogP contribution in [-0.2, 0) is 11.2 Å². The second-order valence-electron chi connectivity index (χ2n) is 10.4. The van der Waals surface area contributed by atoms with Crippen molar-refractivity contribution in [2.45, 2.75) is 12.3 Å². The number of benzene rings is 4. The summed E-state index contributed by atoms with van der Waals surface area (Å²) < 4.78 is 5.12. The summed E-state index contributed by atoms with van der Waals surface area (Å²) in [5.41, 5.74) is 4.89. The summed E-state index contributed by atoms with van der Waals surface area (Å²) >= 11 is 11.9. The number of likely N-dealkylation sites (N-methyl/N-ethyl adjacent to an activating group) is 2. The number of phenolic OH excluding ortho intramolecular Hbond substituents is 1. The number of hydrogen-bond acceptors (Lipinski definition) is 8. The van der Waals surface area contributed by atoms with Crippen molar-refractivity contribution >= 4 is 86.5 Å². The number of carbonyl (C=O) groups excluding carboxylic acids is 3. The summed E-state index contributed by atoms with van der Waals surface area (Å²) in [5, 5.41) is 14.2. The van der Waals surface area contributed by atoms with Gasteiger partial charge in [-0.2, -0.15) is 0 Å². The normalized spacial score (nSPS) is 14.2. The fourth-order valence-electron chi connectivity index (χ4n) is 5.79. The van der Waals surface area contributed by atoms with Crippen LogP contribution in [0.3, 0.4) is 0 Å². The van der Waals surface area contributed by atoms with Crippen molar-refractivity contribution in [3.8, 4) is 11.5 Å². The van der Waals surface area contributed by atoms with Crippen molar-refractivity contribution in [2.75, 3.05) is 49.2 Å². The maximum Gasteiger partial charge on any atom is 0.298 e. The lowest BCUT2D eigenvalue weighted by Gasteiger charge is -2.14. The van der Waals surface area contributed by atoms with Crippen LogP contribution >= 0.6 is 34.5 Å². The number of nitrogens with zero attached hydrogens (tertiary/aromatic N) is 2. The lowest BCUT2D eigenvalue weighted by atomic mass is 9.95. The average molecular weight is 666 g/mol. The zero-order valence-electron chi connectivity index (χ0n) is 25.2. The van der Waals surface area contributed by atoms with Gasteiger partial charge in [0, 0.05) is 79.6 Å². The quantitative estimate of drug-likeness (QED) is 0.151. The van der Waals surface area contributed by atoms with Crippen LogP contribution in [0.1, 0.15) is 36.4 Å². The Morgan fingerprint density at radius 3 is 2.02 bits per heavy atom. The zero-order valence-corrected chi connectivity index (χ0v) is 27.5. The number of ether oxygens (including phenoxy) is 1. The molecule has 0 saturated carbocycles. The minimum Gasteiger partial charge on any atom is -0.507 e. The first-order chi connectivity index (χ1) is 21.9. The first-order valence-electron chi connectivity index (χ1n) is 14.2.